The summed E-state index contributed by atoms with van der Waals surface area (Å²) in [4.78, 5) is 2.45. The van der Waals surface area contributed by atoms with Crippen LogP contribution in [0.3, 0.4) is 0 Å². The number of hydrogen-bond acceptors (Lipinski definition) is 1. The lowest BCUT2D eigenvalue weighted by Gasteiger charge is -2.28. The van der Waals surface area contributed by atoms with Gasteiger partial charge in [-0.2, -0.15) is 0 Å². The van der Waals surface area contributed by atoms with Crippen molar-refractivity contribution >= 4 is 49.6 Å². The quantitative estimate of drug-likeness (QED) is 0.162. The summed E-state index contributed by atoms with van der Waals surface area (Å²) in [5.74, 6) is 0. The van der Waals surface area contributed by atoms with E-state index in [0.29, 0.717) is 0 Å². The molecular weight excluding hydrogens is 653 g/mol. The molecule has 0 atom stereocenters. The Morgan fingerprint density at radius 1 is 0.315 bits per heavy atom. The molecule has 0 unspecified atom stereocenters. The summed E-state index contributed by atoms with van der Waals surface area (Å²) >= 11 is 0. The summed E-state index contributed by atoms with van der Waals surface area (Å²) in [6.45, 7) is 0. The van der Waals surface area contributed by atoms with E-state index in [2.05, 4.69) is 228 Å². The lowest BCUT2D eigenvalue weighted by Crippen LogP contribution is -2.11. The summed E-state index contributed by atoms with van der Waals surface area (Å²) in [7, 11) is 0. The fourth-order valence-corrected chi connectivity index (χ4v) is 8.19. The monoisotopic (exact) mass is 688 g/mol. The lowest BCUT2D eigenvalue weighted by atomic mass is 9.94. The van der Waals surface area contributed by atoms with Crippen molar-refractivity contribution in [3.05, 3.63) is 218 Å². The highest BCUT2D eigenvalue weighted by Crippen LogP contribution is 2.47. The van der Waals surface area contributed by atoms with Crippen molar-refractivity contribution in [3.8, 4) is 39.1 Å². The normalized spacial score (nSPS) is 11.3. The Morgan fingerprint density at radius 2 is 0.833 bits per heavy atom. The Morgan fingerprint density at radius 3 is 1.52 bits per heavy atom. The third kappa shape index (κ3) is 5.36. The number of fused-ring (bicyclic) bond motifs is 4. The Bertz CT molecular complexity index is 2910. The summed E-state index contributed by atoms with van der Waals surface area (Å²) < 4.78 is 2.44. The molecule has 0 amide bonds. The highest BCUT2D eigenvalue weighted by atomic mass is 15.1. The molecular formula is C52H36N2. The summed E-state index contributed by atoms with van der Waals surface area (Å²) in [6.07, 6.45) is 0. The van der Waals surface area contributed by atoms with Gasteiger partial charge in [0.25, 0.3) is 0 Å². The molecule has 0 aliphatic heterocycles. The molecule has 10 rings (SSSR count). The van der Waals surface area contributed by atoms with Crippen molar-refractivity contribution in [3.63, 3.8) is 0 Å². The Labute approximate surface area is 315 Å². The van der Waals surface area contributed by atoms with Gasteiger partial charge < -0.3 is 9.47 Å². The second-order valence-electron chi connectivity index (χ2n) is 13.7. The van der Waals surface area contributed by atoms with Crippen molar-refractivity contribution in [2.75, 3.05) is 4.90 Å². The number of anilines is 3. The minimum Gasteiger partial charge on any atom is -0.309 e. The molecule has 0 bridgehead atoms. The van der Waals surface area contributed by atoms with Gasteiger partial charge in [-0.1, -0.05) is 170 Å². The van der Waals surface area contributed by atoms with Crippen LogP contribution in [0.15, 0.2) is 218 Å². The summed E-state index contributed by atoms with van der Waals surface area (Å²) in [5.41, 5.74) is 14.1. The summed E-state index contributed by atoms with van der Waals surface area (Å²) in [6, 6.07) is 78.8. The van der Waals surface area contributed by atoms with E-state index in [4.69, 9.17) is 0 Å². The molecule has 0 saturated carbocycles. The molecule has 2 heteroatoms. The highest BCUT2D eigenvalue weighted by molar-refractivity contribution is 6.18. The van der Waals surface area contributed by atoms with Crippen LogP contribution in [0.2, 0.25) is 0 Å². The molecule has 0 saturated heterocycles. The van der Waals surface area contributed by atoms with Crippen molar-refractivity contribution in [2.24, 2.45) is 0 Å². The number of rotatable bonds is 7. The Hall–Kier alpha value is -7.16. The molecule has 0 fully saturated rings. The van der Waals surface area contributed by atoms with Crippen LogP contribution in [0.1, 0.15) is 0 Å². The van der Waals surface area contributed by atoms with E-state index in [1.807, 2.05) is 0 Å². The van der Waals surface area contributed by atoms with Gasteiger partial charge >= 0.3 is 0 Å². The van der Waals surface area contributed by atoms with Gasteiger partial charge in [-0.25, -0.2) is 0 Å². The van der Waals surface area contributed by atoms with Crippen LogP contribution in [-0.2, 0) is 0 Å². The average Bonchev–Trinajstić information content (AvgIpc) is 3.60. The predicted molar refractivity (Wildman–Crippen MR) is 229 cm³/mol. The molecule has 0 spiro atoms. The molecule has 1 aromatic heterocycles. The standard InChI is InChI=1S/C52H36N2/c1-5-18-37(19-6-1)42-34-35-49(45-27-14-13-26-44(42)45)53(40-24-11-4-12-25-40)50-30-17-31-51-52(50)46-28-15-16-29-48(46)54(51)41-32-33-43(38-20-7-2-8-21-38)47(36-41)39-22-9-3-10-23-39/h1-36H. The second-order valence-corrected chi connectivity index (χ2v) is 13.7. The third-order valence-electron chi connectivity index (χ3n) is 10.6. The molecule has 10 aromatic rings. The van der Waals surface area contributed by atoms with E-state index in [1.54, 1.807) is 0 Å². The number of aromatic nitrogens is 1. The maximum absolute atomic E-state index is 2.45. The van der Waals surface area contributed by atoms with Crippen LogP contribution in [0.4, 0.5) is 17.1 Å². The van der Waals surface area contributed by atoms with Crippen LogP contribution in [0, 0.1) is 0 Å². The third-order valence-corrected chi connectivity index (χ3v) is 10.6. The smallest absolute Gasteiger partial charge is 0.0562 e. The molecule has 0 N–H and O–H groups in total. The van der Waals surface area contributed by atoms with Gasteiger partial charge in [0.05, 0.1) is 22.4 Å². The zero-order valence-corrected chi connectivity index (χ0v) is 29.7. The SMILES string of the molecule is c1ccc(-c2ccc(-n3c4ccccc4c4c(N(c5ccccc5)c5ccc(-c6ccccc6)c6ccccc56)cccc43)cc2-c2ccccc2)cc1. The zero-order chi connectivity index (χ0) is 35.8. The topological polar surface area (TPSA) is 8.17 Å². The van der Waals surface area contributed by atoms with Crippen molar-refractivity contribution in [1.82, 2.24) is 4.57 Å². The first-order valence-electron chi connectivity index (χ1n) is 18.5. The molecule has 9 aromatic carbocycles. The molecule has 2 nitrogen and oxygen atoms in total. The van der Waals surface area contributed by atoms with Crippen molar-refractivity contribution in [1.29, 1.82) is 0 Å². The van der Waals surface area contributed by atoms with Crippen LogP contribution in [-0.4, -0.2) is 4.57 Å². The lowest BCUT2D eigenvalue weighted by molar-refractivity contribution is 1.18. The first kappa shape index (κ1) is 31.6. The highest BCUT2D eigenvalue weighted by Gasteiger charge is 2.23. The number of benzene rings is 9. The van der Waals surface area contributed by atoms with Crippen LogP contribution < -0.4 is 4.90 Å². The van der Waals surface area contributed by atoms with E-state index in [9.17, 15) is 0 Å². The van der Waals surface area contributed by atoms with E-state index >= 15 is 0 Å². The summed E-state index contributed by atoms with van der Waals surface area (Å²) in [5, 5.41) is 4.85. The molecule has 0 aliphatic carbocycles. The van der Waals surface area contributed by atoms with Gasteiger partial charge in [-0.15, -0.1) is 0 Å². The Balaban J connectivity index is 1.24. The zero-order valence-electron chi connectivity index (χ0n) is 29.7. The maximum Gasteiger partial charge on any atom is 0.0562 e. The molecule has 54 heavy (non-hydrogen) atoms. The van der Waals surface area contributed by atoms with Gasteiger partial charge in [0.1, 0.15) is 0 Å². The van der Waals surface area contributed by atoms with Gasteiger partial charge in [-0.3, -0.25) is 0 Å². The minimum atomic E-state index is 1.11. The van der Waals surface area contributed by atoms with Gasteiger partial charge in [-0.05, 0) is 87.3 Å². The first-order chi connectivity index (χ1) is 26.8. The molecule has 1 heterocycles. The van der Waals surface area contributed by atoms with Crippen LogP contribution >= 0.6 is 0 Å². The first-order valence-corrected chi connectivity index (χ1v) is 18.5. The van der Waals surface area contributed by atoms with Crippen LogP contribution in [0.5, 0.6) is 0 Å². The molecule has 0 aliphatic rings. The number of hydrogen-bond donors (Lipinski definition) is 0. The van der Waals surface area contributed by atoms with Gasteiger partial charge in [0.2, 0.25) is 0 Å². The fraction of sp³-hybridized carbons (Fsp3) is 0. The second kappa shape index (κ2) is 13.4. The predicted octanol–water partition coefficient (Wildman–Crippen LogP) is 14.4. The average molecular weight is 689 g/mol. The minimum absolute atomic E-state index is 1.11. The van der Waals surface area contributed by atoms with E-state index in [-0.39, 0.29) is 0 Å². The molecule has 0 radical (unpaired) electrons. The van der Waals surface area contributed by atoms with Gasteiger partial charge in [0.15, 0.2) is 0 Å². The van der Waals surface area contributed by atoms with Crippen LogP contribution in [0.25, 0.3) is 71.6 Å². The van der Waals surface area contributed by atoms with E-state index in [0.717, 1.165) is 28.3 Å². The Kier molecular flexibility index (Phi) is 7.85. The molecule has 254 valence electrons. The fourth-order valence-electron chi connectivity index (χ4n) is 8.19. The van der Waals surface area contributed by atoms with Crippen molar-refractivity contribution in [2.45, 2.75) is 0 Å². The number of para-hydroxylation sites is 2. The largest absolute Gasteiger partial charge is 0.309 e. The maximum atomic E-state index is 2.45. The van der Waals surface area contributed by atoms with Crippen molar-refractivity contribution < 1.29 is 0 Å². The van der Waals surface area contributed by atoms with E-state index in [1.165, 1.54) is 60.4 Å². The number of nitrogens with zero attached hydrogens (tertiary/aromatic N) is 2. The van der Waals surface area contributed by atoms with Gasteiger partial charge in [0, 0.05) is 27.5 Å². The van der Waals surface area contributed by atoms with E-state index < -0.39 is 0 Å².